The highest BCUT2D eigenvalue weighted by atomic mass is 16.5. The average Bonchev–Trinajstić information content (AvgIpc) is 3.17. The summed E-state index contributed by atoms with van der Waals surface area (Å²) in [6.07, 6.45) is 0.555. The minimum atomic E-state index is -0.972. The highest BCUT2D eigenvalue weighted by Gasteiger charge is 2.47. The van der Waals surface area contributed by atoms with Crippen LogP contribution in [0, 0.1) is 0 Å². The Hall–Kier alpha value is -4.59. The van der Waals surface area contributed by atoms with Crippen molar-refractivity contribution in [2.24, 2.45) is 0 Å². The summed E-state index contributed by atoms with van der Waals surface area (Å²) in [5.74, 6) is -1.88. The molecule has 0 bridgehead atoms. The third-order valence-corrected chi connectivity index (χ3v) is 5.98. The van der Waals surface area contributed by atoms with Gasteiger partial charge in [0.1, 0.15) is 17.3 Å². The molecule has 0 spiro atoms. The first kappa shape index (κ1) is 26.5. The number of esters is 1. The third-order valence-electron chi connectivity index (χ3n) is 5.98. The van der Waals surface area contributed by atoms with Crippen LogP contribution in [-0.2, 0) is 14.3 Å². The fourth-order valence-corrected chi connectivity index (χ4v) is 4.20. The van der Waals surface area contributed by atoms with Gasteiger partial charge < -0.3 is 19.7 Å². The topological polar surface area (TPSA) is 113 Å². The van der Waals surface area contributed by atoms with Gasteiger partial charge in [-0.1, -0.05) is 19.1 Å². The fraction of sp³-hybridized carbons (Fsp3) is 0.233. The summed E-state index contributed by atoms with van der Waals surface area (Å²) in [7, 11) is 0. The Balaban J connectivity index is 1.78. The molecule has 2 N–H and O–H groups in total. The van der Waals surface area contributed by atoms with E-state index in [2.05, 4.69) is 0 Å². The zero-order valence-corrected chi connectivity index (χ0v) is 21.4. The van der Waals surface area contributed by atoms with Gasteiger partial charge in [0.15, 0.2) is 0 Å². The first-order chi connectivity index (χ1) is 18.2. The van der Waals surface area contributed by atoms with Gasteiger partial charge in [-0.2, -0.15) is 0 Å². The molecule has 1 unspecified atom stereocenters. The minimum absolute atomic E-state index is 0.0152. The summed E-state index contributed by atoms with van der Waals surface area (Å²) in [6, 6.07) is 17.8. The van der Waals surface area contributed by atoms with Crippen LogP contribution in [0.5, 0.6) is 11.5 Å². The molecule has 1 aliphatic heterocycles. The second kappa shape index (κ2) is 11.2. The van der Waals surface area contributed by atoms with E-state index in [0.717, 1.165) is 6.42 Å². The van der Waals surface area contributed by atoms with Crippen LogP contribution in [-0.4, -0.2) is 40.6 Å². The van der Waals surface area contributed by atoms with Crippen molar-refractivity contribution in [1.29, 1.82) is 0 Å². The van der Waals surface area contributed by atoms with Gasteiger partial charge in [-0.25, -0.2) is 4.79 Å². The van der Waals surface area contributed by atoms with Crippen molar-refractivity contribution < 1.29 is 34.1 Å². The zero-order valence-electron chi connectivity index (χ0n) is 21.4. The molecule has 8 heteroatoms. The number of rotatable bonds is 8. The molecule has 1 fully saturated rings. The maximum atomic E-state index is 13.3. The molecule has 1 heterocycles. The first-order valence-electron chi connectivity index (χ1n) is 12.4. The summed E-state index contributed by atoms with van der Waals surface area (Å²) in [5.41, 5.74) is 1.42. The van der Waals surface area contributed by atoms with Crippen LogP contribution in [0.25, 0.3) is 5.76 Å². The van der Waals surface area contributed by atoms with Gasteiger partial charge in [0.25, 0.3) is 11.7 Å². The van der Waals surface area contributed by atoms with Crippen LogP contribution in [0.2, 0.25) is 0 Å². The van der Waals surface area contributed by atoms with Gasteiger partial charge in [0, 0.05) is 11.3 Å². The van der Waals surface area contributed by atoms with Crippen LogP contribution in [0.4, 0.5) is 5.69 Å². The third kappa shape index (κ3) is 5.39. The summed E-state index contributed by atoms with van der Waals surface area (Å²) in [4.78, 5) is 40.2. The molecule has 3 aromatic carbocycles. The van der Waals surface area contributed by atoms with Crippen molar-refractivity contribution in [2.45, 2.75) is 39.3 Å². The number of phenols is 1. The van der Waals surface area contributed by atoms with Crippen LogP contribution in [0.15, 0.2) is 78.4 Å². The van der Waals surface area contributed by atoms with Gasteiger partial charge >= 0.3 is 5.97 Å². The highest BCUT2D eigenvalue weighted by Crippen LogP contribution is 2.42. The van der Waals surface area contributed by atoms with Crippen LogP contribution in [0.3, 0.4) is 0 Å². The number of carbonyl (C=O) groups is 3. The van der Waals surface area contributed by atoms with E-state index >= 15 is 0 Å². The highest BCUT2D eigenvalue weighted by molar-refractivity contribution is 6.51. The molecule has 1 amide bonds. The van der Waals surface area contributed by atoms with E-state index in [9.17, 15) is 24.6 Å². The van der Waals surface area contributed by atoms with E-state index in [-0.39, 0.29) is 23.2 Å². The largest absolute Gasteiger partial charge is 0.508 e. The van der Waals surface area contributed by atoms with Crippen molar-refractivity contribution in [3.63, 3.8) is 0 Å². The normalized spacial score (nSPS) is 16.6. The lowest BCUT2D eigenvalue weighted by molar-refractivity contribution is -0.132. The molecular formula is C30H29NO7. The Morgan fingerprint density at radius 3 is 2.11 bits per heavy atom. The van der Waals surface area contributed by atoms with Crippen molar-refractivity contribution in [3.8, 4) is 11.5 Å². The average molecular weight is 516 g/mol. The molecule has 38 heavy (non-hydrogen) atoms. The number of phenolic OH excluding ortho intramolecular Hbond substituents is 1. The van der Waals surface area contributed by atoms with Crippen LogP contribution < -0.4 is 9.64 Å². The number of nitrogens with zero attached hydrogens (tertiary/aromatic N) is 1. The summed E-state index contributed by atoms with van der Waals surface area (Å²) < 4.78 is 10.8. The zero-order chi connectivity index (χ0) is 27.4. The van der Waals surface area contributed by atoms with E-state index in [1.54, 1.807) is 62.4 Å². The molecule has 0 aliphatic carbocycles. The van der Waals surface area contributed by atoms with E-state index < -0.39 is 23.7 Å². The van der Waals surface area contributed by atoms with Gasteiger partial charge in [-0.05, 0) is 86.5 Å². The summed E-state index contributed by atoms with van der Waals surface area (Å²) in [6.45, 7) is 6.03. The quantitative estimate of drug-likeness (QED) is 0.179. The Bertz CT molecular complexity index is 1360. The number of amides is 1. The minimum Gasteiger partial charge on any atom is -0.508 e. The number of aliphatic hydroxyl groups is 1. The molecule has 196 valence electrons. The Labute approximate surface area is 220 Å². The second-order valence-corrected chi connectivity index (χ2v) is 9.13. The standard InChI is InChI=1S/C30H29NO7/c1-4-17-37-24-15-9-20(10-16-24)27(33)25-26(19-7-13-23(32)14-8-19)31(29(35)28(25)34)22-11-5-21(6-12-22)30(36)38-18(2)3/h5-16,18,26,32-33H,4,17H2,1-3H3/b27-25+. The molecule has 3 aromatic rings. The van der Waals surface area contributed by atoms with Gasteiger partial charge in [0.2, 0.25) is 0 Å². The van der Waals surface area contributed by atoms with E-state index in [1.165, 1.54) is 29.2 Å². The monoisotopic (exact) mass is 515 g/mol. The molecular weight excluding hydrogens is 486 g/mol. The molecule has 0 saturated carbocycles. The maximum Gasteiger partial charge on any atom is 0.338 e. The van der Waals surface area contributed by atoms with Crippen molar-refractivity contribution in [1.82, 2.24) is 0 Å². The van der Waals surface area contributed by atoms with E-state index in [0.29, 0.717) is 34.7 Å². The number of carbonyl (C=O) groups excluding carboxylic acids is 3. The number of ketones is 1. The van der Waals surface area contributed by atoms with Crippen molar-refractivity contribution in [2.75, 3.05) is 11.5 Å². The van der Waals surface area contributed by atoms with E-state index in [4.69, 9.17) is 9.47 Å². The summed E-state index contributed by atoms with van der Waals surface area (Å²) >= 11 is 0. The maximum absolute atomic E-state index is 13.3. The Kier molecular flexibility index (Phi) is 7.81. The molecule has 4 rings (SSSR count). The number of hydrogen-bond donors (Lipinski definition) is 2. The number of ether oxygens (including phenoxy) is 2. The molecule has 0 radical (unpaired) electrons. The molecule has 1 saturated heterocycles. The first-order valence-corrected chi connectivity index (χ1v) is 12.4. The number of benzene rings is 3. The number of Topliss-reactive ketones (excluding diaryl/α,β-unsaturated/α-hetero) is 1. The van der Waals surface area contributed by atoms with Crippen LogP contribution in [0.1, 0.15) is 54.7 Å². The Morgan fingerprint density at radius 1 is 0.921 bits per heavy atom. The number of aromatic hydroxyl groups is 1. The lowest BCUT2D eigenvalue weighted by atomic mass is 9.95. The Morgan fingerprint density at radius 2 is 1.53 bits per heavy atom. The smallest absolute Gasteiger partial charge is 0.338 e. The van der Waals surface area contributed by atoms with Gasteiger partial charge in [0.05, 0.1) is 29.9 Å². The SMILES string of the molecule is CCCOc1ccc(/C(O)=C2\C(=O)C(=O)N(c3ccc(C(=O)OC(C)C)cc3)C2c2ccc(O)cc2)cc1. The predicted octanol–water partition coefficient (Wildman–Crippen LogP) is 5.37. The predicted molar refractivity (Wildman–Crippen MR) is 142 cm³/mol. The molecule has 0 aromatic heterocycles. The van der Waals surface area contributed by atoms with Crippen molar-refractivity contribution >= 4 is 29.1 Å². The van der Waals surface area contributed by atoms with Gasteiger partial charge in [-0.15, -0.1) is 0 Å². The van der Waals surface area contributed by atoms with Crippen LogP contribution >= 0.6 is 0 Å². The number of hydrogen-bond acceptors (Lipinski definition) is 7. The molecule has 1 atom stereocenters. The number of aliphatic hydroxyl groups excluding tert-OH is 1. The van der Waals surface area contributed by atoms with E-state index in [1.807, 2.05) is 6.92 Å². The number of anilines is 1. The summed E-state index contributed by atoms with van der Waals surface area (Å²) in [5, 5.41) is 21.1. The fourth-order valence-electron chi connectivity index (χ4n) is 4.20. The van der Waals surface area contributed by atoms with Crippen molar-refractivity contribution in [3.05, 3.63) is 95.1 Å². The lowest BCUT2D eigenvalue weighted by Crippen LogP contribution is -2.29. The molecule has 8 nitrogen and oxygen atoms in total. The lowest BCUT2D eigenvalue weighted by Gasteiger charge is -2.25. The second-order valence-electron chi connectivity index (χ2n) is 9.13. The molecule has 1 aliphatic rings. The van der Waals surface area contributed by atoms with Gasteiger partial charge in [-0.3, -0.25) is 14.5 Å².